The molecule has 0 saturated heterocycles. The van der Waals surface area contributed by atoms with Crippen molar-refractivity contribution in [2.24, 2.45) is 5.41 Å². The van der Waals surface area contributed by atoms with Crippen molar-refractivity contribution in [1.82, 2.24) is 14.9 Å². The Hall–Kier alpha value is -2.43. The molecule has 1 amide bonds. The zero-order valence-corrected chi connectivity index (χ0v) is 13.2. The van der Waals surface area contributed by atoms with Gasteiger partial charge in [0.25, 0.3) is 5.56 Å². The van der Waals surface area contributed by atoms with Crippen LogP contribution in [0.1, 0.15) is 20.8 Å². The lowest BCUT2D eigenvalue weighted by Gasteiger charge is -2.17. The van der Waals surface area contributed by atoms with Crippen LogP contribution in [0.3, 0.4) is 0 Å². The molecule has 0 fully saturated rings. The molecule has 0 bridgehead atoms. The van der Waals surface area contributed by atoms with Crippen molar-refractivity contribution in [2.75, 3.05) is 6.54 Å². The first-order valence-corrected chi connectivity index (χ1v) is 7.28. The summed E-state index contributed by atoms with van der Waals surface area (Å²) in [7, 11) is 0. The molecule has 0 spiro atoms. The van der Waals surface area contributed by atoms with Gasteiger partial charge in [-0.25, -0.2) is 4.98 Å². The predicted octanol–water partition coefficient (Wildman–Crippen LogP) is 2.07. The van der Waals surface area contributed by atoms with Crippen molar-refractivity contribution in [2.45, 2.75) is 27.3 Å². The maximum absolute atomic E-state index is 12.1. The van der Waals surface area contributed by atoms with Crippen LogP contribution in [0.2, 0.25) is 0 Å². The summed E-state index contributed by atoms with van der Waals surface area (Å²) >= 11 is 0. The fourth-order valence-electron chi connectivity index (χ4n) is 1.92. The van der Waals surface area contributed by atoms with E-state index in [1.807, 2.05) is 51.1 Å². The summed E-state index contributed by atoms with van der Waals surface area (Å²) in [6, 6.07) is 11.1. The maximum atomic E-state index is 12.1. The molecular formula is C17H21N3O2. The molecule has 116 valence electrons. The quantitative estimate of drug-likeness (QED) is 0.940. The molecule has 0 atom stereocenters. The van der Waals surface area contributed by atoms with E-state index in [-0.39, 0.29) is 11.5 Å². The van der Waals surface area contributed by atoms with Gasteiger partial charge >= 0.3 is 0 Å². The van der Waals surface area contributed by atoms with Crippen molar-refractivity contribution < 1.29 is 4.79 Å². The van der Waals surface area contributed by atoms with E-state index in [2.05, 4.69) is 10.3 Å². The molecule has 5 heteroatoms. The van der Waals surface area contributed by atoms with Gasteiger partial charge in [0.1, 0.15) is 0 Å². The summed E-state index contributed by atoms with van der Waals surface area (Å²) < 4.78 is 1.50. The molecule has 2 aromatic rings. The van der Waals surface area contributed by atoms with Crippen LogP contribution in [0.4, 0.5) is 0 Å². The first kappa shape index (κ1) is 15.9. The van der Waals surface area contributed by atoms with Gasteiger partial charge in [0.15, 0.2) is 0 Å². The van der Waals surface area contributed by atoms with Gasteiger partial charge in [0.2, 0.25) is 5.91 Å². The second kappa shape index (κ2) is 6.56. The Labute approximate surface area is 130 Å². The fraction of sp³-hybridized carbons (Fsp3) is 0.353. The second-order valence-electron chi connectivity index (χ2n) is 6.18. The van der Waals surface area contributed by atoms with Gasteiger partial charge in [0.05, 0.1) is 12.0 Å². The van der Waals surface area contributed by atoms with Gasteiger partial charge in [-0.1, -0.05) is 51.1 Å². The third-order valence-electron chi connectivity index (χ3n) is 3.27. The molecule has 0 aliphatic rings. The summed E-state index contributed by atoms with van der Waals surface area (Å²) in [4.78, 5) is 28.2. The average Bonchev–Trinajstić information content (AvgIpc) is 2.48. The summed E-state index contributed by atoms with van der Waals surface area (Å²) in [5, 5.41) is 2.82. The molecule has 5 nitrogen and oxygen atoms in total. The SMILES string of the molecule is CC(C)(C)C(=O)NCCn1cnc(-c2ccccc2)cc1=O. The topological polar surface area (TPSA) is 64.0 Å². The Morgan fingerprint density at radius 3 is 2.50 bits per heavy atom. The van der Waals surface area contributed by atoms with E-state index in [9.17, 15) is 9.59 Å². The minimum absolute atomic E-state index is 0.0330. The molecule has 1 aromatic heterocycles. The monoisotopic (exact) mass is 299 g/mol. The van der Waals surface area contributed by atoms with Crippen molar-refractivity contribution in [3.63, 3.8) is 0 Å². The number of hydrogen-bond donors (Lipinski definition) is 1. The number of nitrogens with one attached hydrogen (secondary N) is 1. The highest BCUT2D eigenvalue weighted by molar-refractivity contribution is 5.81. The number of carbonyl (C=O) groups excluding carboxylic acids is 1. The summed E-state index contributed by atoms with van der Waals surface area (Å²) in [6.45, 7) is 6.37. The van der Waals surface area contributed by atoms with Crippen LogP contribution >= 0.6 is 0 Å². The largest absolute Gasteiger partial charge is 0.354 e. The van der Waals surface area contributed by atoms with E-state index in [4.69, 9.17) is 0 Å². The number of hydrogen-bond acceptors (Lipinski definition) is 3. The molecule has 0 unspecified atom stereocenters. The number of aromatic nitrogens is 2. The van der Waals surface area contributed by atoms with Gasteiger partial charge in [-0.15, -0.1) is 0 Å². The highest BCUT2D eigenvalue weighted by Crippen LogP contribution is 2.13. The molecule has 0 radical (unpaired) electrons. The Bertz CT molecular complexity index is 700. The zero-order valence-electron chi connectivity index (χ0n) is 13.2. The molecule has 0 aliphatic heterocycles. The molecule has 2 rings (SSSR count). The van der Waals surface area contributed by atoms with Gasteiger partial charge in [-0.05, 0) is 0 Å². The van der Waals surface area contributed by atoms with E-state index in [0.717, 1.165) is 5.56 Å². The van der Waals surface area contributed by atoms with Crippen LogP contribution < -0.4 is 10.9 Å². The molecule has 1 heterocycles. The predicted molar refractivity (Wildman–Crippen MR) is 86.4 cm³/mol. The van der Waals surface area contributed by atoms with Gasteiger partial charge in [0, 0.05) is 30.1 Å². The molecule has 0 saturated carbocycles. The number of amides is 1. The fourth-order valence-corrected chi connectivity index (χ4v) is 1.92. The number of rotatable bonds is 4. The van der Waals surface area contributed by atoms with Crippen LogP contribution in [0.25, 0.3) is 11.3 Å². The first-order valence-electron chi connectivity index (χ1n) is 7.28. The molecular weight excluding hydrogens is 278 g/mol. The molecule has 0 aliphatic carbocycles. The average molecular weight is 299 g/mol. The zero-order chi connectivity index (χ0) is 16.2. The third kappa shape index (κ3) is 4.04. The van der Waals surface area contributed by atoms with E-state index in [1.165, 1.54) is 17.0 Å². The standard InChI is InChI=1S/C17H21N3O2/c1-17(2,3)16(22)18-9-10-20-12-19-14(11-15(20)21)13-7-5-4-6-8-13/h4-8,11-12H,9-10H2,1-3H3,(H,18,22). The number of nitrogens with zero attached hydrogens (tertiary/aromatic N) is 2. The van der Waals surface area contributed by atoms with Gasteiger partial charge in [-0.3, -0.25) is 14.2 Å². The normalized spacial score (nSPS) is 11.2. The summed E-state index contributed by atoms with van der Waals surface area (Å²) in [5.74, 6) is -0.0330. The highest BCUT2D eigenvalue weighted by atomic mass is 16.2. The molecule has 1 N–H and O–H groups in total. The lowest BCUT2D eigenvalue weighted by Crippen LogP contribution is -2.37. The van der Waals surface area contributed by atoms with E-state index >= 15 is 0 Å². The van der Waals surface area contributed by atoms with Crippen LogP contribution in [0, 0.1) is 5.41 Å². The van der Waals surface area contributed by atoms with Crippen molar-refractivity contribution in [3.05, 3.63) is 53.1 Å². The van der Waals surface area contributed by atoms with E-state index in [1.54, 1.807) is 0 Å². The van der Waals surface area contributed by atoms with E-state index < -0.39 is 5.41 Å². The van der Waals surface area contributed by atoms with Crippen LogP contribution in [-0.4, -0.2) is 22.0 Å². The second-order valence-corrected chi connectivity index (χ2v) is 6.18. The summed E-state index contributed by atoms with van der Waals surface area (Å²) in [5.41, 5.74) is 1.01. The summed E-state index contributed by atoms with van der Waals surface area (Å²) in [6.07, 6.45) is 1.52. The Morgan fingerprint density at radius 1 is 1.23 bits per heavy atom. The minimum Gasteiger partial charge on any atom is -0.354 e. The molecule has 1 aromatic carbocycles. The maximum Gasteiger partial charge on any atom is 0.253 e. The number of carbonyl (C=O) groups is 1. The van der Waals surface area contributed by atoms with Gasteiger partial charge in [-0.2, -0.15) is 0 Å². The molecule has 22 heavy (non-hydrogen) atoms. The van der Waals surface area contributed by atoms with Crippen molar-refractivity contribution in [1.29, 1.82) is 0 Å². The van der Waals surface area contributed by atoms with Crippen molar-refractivity contribution >= 4 is 5.91 Å². The highest BCUT2D eigenvalue weighted by Gasteiger charge is 2.20. The van der Waals surface area contributed by atoms with E-state index in [0.29, 0.717) is 18.8 Å². The smallest absolute Gasteiger partial charge is 0.253 e. The van der Waals surface area contributed by atoms with Crippen molar-refractivity contribution in [3.8, 4) is 11.3 Å². The minimum atomic E-state index is -0.430. The lowest BCUT2D eigenvalue weighted by atomic mass is 9.96. The number of benzene rings is 1. The Kier molecular flexibility index (Phi) is 4.75. The Morgan fingerprint density at radius 2 is 1.91 bits per heavy atom. The first-order chi connectivity index (χ1) is 10.4. The van der Waals surface area contributed by atoms with Crippen LogP contribution in [0.5, 0.6) is 0 Å². The van der Waals surface area contributed by atoms with Crippen LogP contribution in [-0.2, 0) is 11.3 Å². The third-order valence-corrected chi connectivity index (χ3v) is 3.27. The lowest BCUT2D eigenvalue weighted by molar-refractivity contribution is -0.128. The van der Waals surface area contributed by atoms with Crippen LogP contribution in [0.15, 0.2) is 47.5 Å². The van der Waals surface area contributed by atoms with Gasteiger partial charge < -0.3 is 5.32 Å². The Balaban J connectivity index is 2.02.